The molecule has 2 rings (SSSR count). The number of unbranched alkanes of at least 4 members (excludes halogenated alkanes) is 6. The number of nitrogens with zero attached hydrogens (tertiary/aromatic N) is 2. The zero-order valence-corrected chi connectivity index (χ0v) is 16.6. The second-order valence-electron chi connectivity index (χ2n) is 6.70. The van der Waals surface area contributed by atoms with Gasteiger partial charge in [0.25, 0.3) is 5.69 Å². The number of hydrogen-bond donors (Lipinski definition) is 0. The molecule has 0 bridgehead atoms. The van der Waals surface area contributed by atoms with Crippen LogP contribution in [-0.2, 0) is 4.74 Å². The predicted molar refractivity (Wildman–Crippen MR) is 110 cm³/mol. The van der Waals surface area contributed by atoms with Gasteiger partial charge in [-0.05, 0) is 19.4 Å². The van der Waals surface area contributed by atoms with E-state index in [2.05, 4.69) is 18.8 Å². The van der Waals surface area contributed by atoms with E-state index in [0.29, 0.717) is 11.1 Å². The number of amides is 1. The summed E-state index contributed by atoms with van der Waals surface area (Å²) in [7, 11) is 0. The van der Waals surface area contributed by atoms with Crippen molar-refractivity contribution in [2.24, 2.45) is 0 Å². The summed E-state index contributed by atoms with van der Waals surface area (Å²) in [6.07, 6.45) is 10.5. The van der Waals surface area contributed by atoms with Gasteiger partial charge in [0.15, 0.2) is 0 Å². The number of nitro groups is 1. The van der Waals surface area contributed by atoms with E-state index in [1.165, 1.54) is 42.8 Å². The Morgan fingerprint density at radius 2 is 1.96 bits per heavy atom. The van der Waals surface area contributed by atoms with Crippen LogP contribution in [0.4, 0.5) is 10.5 Å². The molecule has 0 saturated heterocycles. The summed E-state index contributed by atoms with van der Waals surface area (Å²) < 4.78 is 5.12. The van der Waals surface area contributed by atoms with E-state index in [1.54, 1.807) is 25.1 Å². The Balaban J connectivity index is 2.17. The van der Waals surface area contributed by atoms with Crippen molar-refractivity contribution in [1.29, 1.82) is 0 Å². The molecule has 150 valence electrons. The molecular formula is C22H28N2O4. The van der Waals surface area contributed by atoms with Gasteiger partial charge in [-0.25, -0.2) is 4.79 Å². The first kappa shape index (κ1) is 21.5. The summed E-state index contributed by atoms with van der Waals surface area (Å²) in [5.41, 5.74) is 1.16. The van der Waals surface area contributed by atoms with Crippen LogP contribution in [-0.4, -0.2) is 22.5 Å². The molecule has 1 aromatic carbocycles. The molecule has 0 radical (unpaired) electrons. The number of hydrogen-bond acceptors (Lipinski definition) is 4. The number of benzene rings is 1. The first-order valence-corrected chi connectivity index (χ1v) is 9.99. The van der Waals surface area contributed by atoms with Gasteiger partial charge in [0, 0.05) is 24.3 Å². The zero-order chi connectivity index (χ0) is 20.4. The van der Waals surface area contributed by atoms with Crippen molar-refractivity contribution < 1.29 is 14.5 Å². The van der Waals surface area contributed by atoms with Crippen molar-refractivity contribution in [3.63, 3.8) is 0 Å². The monoisotopic (exact) mass is 384 g/mol. The van der Waals surface area contributed by atoms with Crippen molar-refractivity contribution in [2.75, 3.05) is 6.61 Å². The fraction of sp³-hybridized carbons (Fsp3) is 0.500. The van der Waals surface area contributed by atoms with Crippen molar-refractivity contribution in [3.05, 3.63) is 45.6 Å². The highest BCUT2D eigenvalue weighted by Crippen LogP contribution is 2.35. The van der Waals surface area contributed by atoms with Crippen LogP contribution in [0, 0.1) is 22.0 Å². The van der Waals surface area contributed by atoms with E-state index < -0.39 is 17.1 Å². The molecule has 6 heteroatoms. The Bertz CT molecular complexity index is 776. The summed E-state index contributed by atoms with van der Waals surface area (Å²) in [5.74, 6) is 6.30. The van der Waals surface area contributed by atoms with Crippen LogP contribution >= 0.6 is 0 Å². The Hall–Kier alpha value is -2.81. The maximum atomic E-state index is 12.3. The van der Waals surface area contributed by atoms with Crippen molar-refractivity contribution in [2.45, 2.75) is 64.8 Å². The molecule has 1 aliphatic heterocycles. The van der Waals surface area contributed by atoms with Crippen LogP contribution in [0.3, 0.4) is 0 Å². The van der Waals surface area contributed by atoms with Crippen LogP contribution in [0.15, 0.2) is 24.4 Å². The van der Waals surface area contributed by atoms with Gasteiger partial charge in [-0.15, -0.1) is 5.92 Å². The highest BCUT2D eigenvalue weighted by Gasteiger charge is 2.31. The third kappa shape index (κ3) is 5.59. The standard InChI is InChI=1S/C22H28N2O4/c1-3-5-6-7-8-9-10-11-14-20-18-13-12-15-21(24(26)27)19(18)16-17-23(20)22(25)28-4-2/h12-13,15-17,20H,3-10H2,1-2H3. The Kier molecular flexibility index (Phi) is 8.54. The summed E-state index contributed by atoms with van der Waals surface area (Å²) in [6.45, 7) is 4.19. The highest BCUT2D eigenvalue weighted by molar-refractivity contribution is 5.77. The smallest absolute Gasteiger partial charge is 0.415 e. The fourth-order valence-corrected chi connectivity index (χ4v) is 3.21. The molecule has 0 aliphatic carbocycles. The van der Waals surface area contributed by atoms with Crippen molar-refractivity contribution in [1.82, 2.24) is 4.90 Å². The molecule has 1 aliphatic rings. The van der Waals surface area contributed by atoms with Gasteiger partial charge in [0.1, 0.15) is 6.04 Å². The van der Waals surface area contributed by atoms with Crippen LogP contribution in [0.1, 0.15) is 76.0 Å². The van der Waals surface area contributed by atoms with Crippen molar-refractivity contribution >= 4 is 17.9 Å². The van der Waals surface area contributed by atoms with E-state index >= 15 is 0 Å². The van der Waals surface area contributed by atoms with E-state index in [0.717, 1.165) is 19.3 Å². The molecule has 0 saturated carbocycles. The molecule has 6 nitrogen and oxygen atoms in total. The maximum absolute atomic E-state index is 12.3. The summed E-state index contributed by atoms with van der Waals surface area (Å²) in [6, 6.07) is 4.28. The third-order valence-electron chi connectivity index (χ3n) is 4.66. The second kappa shape index (κ2) is 11.1. The van der Waals surface area contributed by atoms with Gasteiger partial charge in [0.2, 0.25) is 0 Å². The van der Waals surface area contributed by atoms with Crippen LogP contribution < -0.4 is 0 Å². The lowest BCUT2D eigenvalue weighted by molar-refractivity contribution is -0.385. The van der Waals surface area contributed by atoms with Crippen LogP contribution in [0.5, 0.6) is 0 Å². The van der Waals surface area contributed by atoms with Gasteiger partial charge in [-0.3, -0.25) is 15.0 Å². The number of ether oxygens (including phenoxy) is 1. The van der Waals surface area contributed by atoms with Crippen LogP contribution in [0.2, 0.25) is 0 Å². The molecule has 0 N–H and O–H groups in total. The quantitative estimate of drug-likeness (QED) is 0.244. The van der Waals surface area contributed by atoms with Gasteiger partial charge in [-0.1, -0.05) is 57.1 Å². The van der Waals surface area contributed by atoms with Gasteiger partial charge >= 0.3 is 6.09 Å². The summed E-state index contributed by atoms with van der Waals surface area (Å²) >= 11 is 0. The number of fused-ring (bicyclic) bond motifs is 1. The Labute approximate surface area is 166 Å². The van der Waals surface area contributed by atoms with Gasteiger partial charge < -0.3 is 4.74 Å². The minimum Gasteiger partial charge on any atom is -0.449 e. The molecule has 0 spiro atoms. The molecule has 1 heterocycles. The normalized spacial score (nSPS) is 14.8. The zero-order valence-electron chi connectivity index (χ0n) is 16.6. The van der Waals surface area contributed by atoms with E-state index in [1.807, 2.05) is 0 Å². The second-order valence-corrected chi connectivity index (χ2v) is 6.70. The summed E-state index contributed by atoms with van der Waals surface area (Å²) in [4.78, 5) is 24.7. The molecule has 1 amide bonds. The number of carbonyl (C=O) groups is 1. The number of nitro benzene ring substituents is 1. The molecule has 0 fully saturated rings. The van der Waals surface area contributed by atoms with Crippen molar-refractivity contribution in [3.8, 4) is 11.8 Å². The van der Waals surface area contributed by atoms with E-state index in [9.17, 15) is 14.9 Å². The lowest BCUT2D eigenvalue weighted by Gasteiger charge is -2.28. The summed E-state index contributed by atoms with van der Waals surface area (Å²) in [5, 5.41) is 11.3. The molecule has 0 aromatic heterocycles. The van der Waals surface area contributed by atoms with Gasteiger partial charge in [-0.2, -0.15) is 0 Å². The maximum Gasteiger partial charge on any atom is 0.415 e. The Morgan fingerprint density at radius 3 is 2.68 bits per heavy atom. The minimum atomic E-state index is -0.584. The fourth-order valence-electron chi connectivity index (χ4n) is 3.21. The first-order valence-electron chi connectivity index (χ1n) is 9.99. The first-order chi connectivity index (χ1) is 13.6. The molecule has 28 heavy (non-hydrogen) atoms. The number of carbonyl (C=O) groups excluding carboxylic acids is 1. The lowest BCUT2D eigenvalue weighted by Crippen LogP contribution is -2.32. The van der Waals surface area contributed by atoms with E-state index in [-0.39, 0.29) is 12.3 Å². The molecule has 1 atom stereocenters. The van der Waals surface area contributed by atoms with E-state index in [4.69, 9.17) is 4.74 Å². The molecule has 1 aromatic rings. The topological polar surface area (TPSA) is 72.7 Å². The average Bonchev–Trinajstić information content (AvgIpc) is 2.69. The highest BCUT2D eigenvalue weighted by atomic mass is 16.6. The third-order valence-corrected chi connectivity index (χ3v) is 4.66. The van der Waals surface area contributed by atoms with Crippen LogP contribution in [0.25, 0.3) is 6.08 Å². The Morgan fingerprint density at radius 1 is 1.21 bits per heavy atom. The minimum absolute atomic E-state index is 0.0139. The van der Waals surface area contributed by atoms with Gasteiger partial charge in [0.05, 0.1) is 17.1 Å². The lowest BCUT2D eigenvalue weighted by atomic mass is 9.95. The molecule has 1 unspecified atom stereocenters. The number of rotatable bonds is 8. The SMILES string of the molecule is CCCCCCCCC#CC1c2cccc([N+](=O)[O-])c2C=CN1C(=O)OCC. The average molecular weight is 384 g/mol. The largest absolute Gasteiger partial charge is 0.449 e. The molecular weight excluding hydrogens is 356 g/mol. The predicted octanol–water partition coefficient (Wildman–Crippen LogP) is 5.83.